The topological polar surface area (TPSA) is 108 Å². The molecule has 3 unspecified atom stereocenters. The van der Waals surface area contributed by atoms with Gasteiger partial charge in [0.2, 0.25) is 5.91 Å². The van der Waals surface area contributed by atoms with Gasteiger partial charge in [-0.2, -0.15) is 0 Å². The Morgan fingerprint density at radius 2 is 0.744 bits per heavy atom. The number of allylic oxidation sites excluding steroid dienone is 8. The van der Waals surface area contributed by atoms with Gasteiger partial charge in [-0.05, 0) is 51.4 Å². The number of rotatable bonds is 67. The van der Waals surface area contributed by atoms with Gasteiger partial charge in [0.25, 0.3) is 7.82 Å². The van der Waals surface area contributed by atoms with Crippen LogP contribution >= 0.6 is 7.82 Å². The van der Waals surface area contributed by atoms with Crippen LogP contribution in [0.4, 0.5) is 0 Å². The zero-order valence-electron chi connectivity index (χ0n) is 55.5. The number of phosphoric ester groups is 1. The molecule has 0 fully saturated rings. The maximum Gasteiger partial charge on any atom is 0.268 e. The third kappa shape index (κ3) is 66.0. The maximum atomic E-state index is 13.1. The van der Waals surface area contributed by atoms with Crippen molar-refractivity contribution < 1.29 is 32.9 Å². The predicted molar refractivity (Wildman–Crippen MR) is 358 cm³/mol. The highest BCUT2D eigenvalue weighted by molar-refractivity contribution is 7.45. The summed E-state index contributed by atoms with van der Waals surface area (Å²) in [5.74, 6) is -0.161. The van der Waals surface area contributed by atoms with Gasteiger partial charge in [0.15, 0.2) is 0 Å². The van der Waals surface area contributed by atoms with E-state index in [0.717, 1.165) is 64.2 Å². The van der Waals surface area contributed by atoms with Gasteiger partial charge in [0.05, 0.1) is 39.9 Å². The number of likely N-dealkylation sites (N-methyl/N-ethyl adjacent to an activating group) is 1. The normalized spacial score (nSPS) is 13.9. The van der Waals surface area contributed by atoms with Crippen LogP contribution in [0.1, 0.15) is 361 Å². The monoisotopic (exact) mass is 1170 g/mol. The third-order valence-corrected chi connectivity index (χ3v) is 17.5. The number of carbonyl (C=O) groups excluding carboxylic acids is 1. The Labute approximate surface area is 511 Å². The molecule has 1 amide bonds. The molecule has 2 N–H and O–H groups in total. The number of quaternary nitrogens is 1. The van der Waals surface area contributed by atoms with Gasteiger partial charge in [-0.1, -0.05) is 351 Å². The van der Waals surface area contributed by atoms with Crippen LogP contribution in [0.2, 0.25) is 0 Å². The molecule has 0 spiro atoms. The second kappa shape index (κ2) is 63.9. The summed E-state index contributed by atoms with van der Waals surface area (Å²) in [4.78, 5) is 25.7. The summed E-state index contributed by atoms with van der Waals surface area (Å²) in [5, 5.41) is 14.1. The third-order valence-electron chi connectivity index (χ3n) is 16.6. The molecule has 0 aromatic rings. The number of aliphatic hydroxyl groups excluding tert-OH is 1. The summed E-state index contributed by atoms with van der Waals surface area (Å²) >= 11 is 0. The molecular formula is C73H141N2O6P. The van der Waals surface area contributed by atoms with Gasteiger partial charge in [-0.3, -0.25) is 9.36 Å². The smallest absolute Gasteiger partial charge is 0.268 e. The van der Waals surface area contributed by atoms with Crippen LogP contribution in [0.5, 0.6) is 0 Å². The largest absolute Gasteiger partial charge is 0.756 e. The molecule has 0 radical (unpaired) electrons. The molecule has 0 saturated heterocycles. The van der Waals surface area contributed by atoms with E-state index in [1.165, 1.54) is 270 Å². The second-order valence-electron chi connectivity index (χ2n) is 25.9. The van der Waals surface area contributed by atoms with Gasteiger partial charge in [-0.25, -0.2) is 0 Å². The van der Waals surface area contributed by atoms with Crippen LogP contribution in [-0.2, 0) is 18.4 Å². The fourth-order valence-electron chi connectivity index (χ4n) is 11.0. The summed E-state index contributed by atoms with van der Waals surface area (Å²) in [6.45, 7) is 4.66. The van der Waals surface area contributed by atoms with Crippen LogP contribution in [0.25, 0.3) is 0 Å². The van der Waals surface area contributed by atoms with Crippen LogP contribution in [0, 0.1) is 0 Å². The SMILES string of the molecule is CC/C=C\C/C=C\C/C=C\C/C=C\CCCCCCCCCCCCCCCCC(=O)NC(COP(=O)([O-])OCC[N+](C)(C)C)C(O)CCCCCCCCCCCCCCCCCCCCCCCCCCCCCCCCCCC. The molecule has 0 aromatic carbocycles. The first-order chi connectivity index (χ1) is 40.0. The highest BCUT2D eigenvalue weighted by Crippen LogP contribution is 2.38. The van der Waals surface area contributed by atoms with Crippen molar-refractivity contribution in [2.75, 3.05) is 40.9 Å². The van der Waals surface area contributed by atoms with Crippen molar-refractivity contribution in [2.45, 2.75) is 373 Å². The molecule has 484 valence electrons. The molecule has 0 aliphatic carbocycles. The van der Waals surface area contributed by atoms with Gasteiger partial charge in [0.1, 0.15) is 13.2 Å². The van der Waals surface area contributed by atoms with E-state index in [9.17, 15) is 19.4 Å². The Hall–Kier alpha value is -1.54. The van der Waals surface area contributed by atoms with Gasteiger partial charge in [-0.15, -0.1) is 0 Å². The lowest BCUT2D eigenvalue weighted by molar-refractivity contribution is -0.870. The summed E-state index contributed by atoms with van der Waals surface area (Å²) in [6.07, 6.45) is 86.3. The summed E-state index contributed by atoms with van der Waals surface area (Å²) in [6, 6.07) is -0.804. The van der Waals surface area contributed by atoms with E-state index in [-0.39, 0.29) is 19.1 Å². The Bertz CT molecular complexity index is 1480. The predicted octanol–water partition coefficient (Wildman–Crippen LogP) is 22.4. The van der Waals surface area contributed by atoms with Gasteiger partial charge >= 0.3 is 0 Å². The molecule has 0 rings (SSSR count). The van der Waals surface area contributed by atoms with Crippen molar-refractivity contribution >= 4 is 13.7 Å². The minimum Gasteiger partial charge on any atom is -0.756 e. The fourth-order valence-corrected chi connectivity index (χ4v) is 11.8. The average Bonchev–Trinajstić information content (AvgIpc) is 3.45. The summed E-state index contributed by atoms with van der Waals surface area (Å²) in [7, 11) is 1.32. The van der Waals surface area contributed by atoms with Gasteiger partial charge < -0.3 is 28.8 Å². The first kappa shape index (κ1) is 80.5. The fraction of sp³-hybridized carbons (Fsp3) is 0.877. The lowest BCUT2D eigenvalue weighted by atomic mass is 10.0. The molecule has 3 atom stereocenters. The number of hydrogen-bond donors (Lipinski definition) is 2. The molecule has 0 aliphatic heterocycles. The van der Waals surface area contributed by atoms with Crippen molar-refractivity contribution in [1.82, 2.24) is 5.32 Å². The van der Waals surface area contributed by atoms with E-state index in [1.807, 2.05) is 21.1 Å². The van der Waals surface area contributed by atoms with Crippen molar-refractivity contribution in [3.63, 3.8) is 0 Å². The summed E-state index contributed by atoms with van der Waals surface area (Å²) in [5.41, 5.74) is 0. The van der Waals surface area contributed by atoms with E-state index < -0.39 is 20.0 Å². The number of phosphoric acid groups is 1. The molecule has 0 bridgehead atoms. The molecule has 9 heteroatoms. The number of aliphatic hydroxyl groups is 1. The quantitative estimate of drug-likeness (QED) is 0.0272. The lowest BCUT2D eigenvalue weighted by Gasteiger charge is -2.30. The van der Waals surface area contributed by atoms with Crippen molar-refractivity contribution in [3.05, 3.63) is 48.6 Å². The van der Waals surface area contributed by atoms with Crippen LogP contribution < -0.4 is 10.2 Å². The maximum absolute atomic E-state index is 13.1. The highest BCUT2D eigenvalue weighted by Gasteiger charge is 2.24. The Kier molecular flexibility index (Phi) is 62.7. The zero-order chi connectivity index (χ0) is 59.8. The highest BCUT2D eigenvalue weighted by atomic mass is 31.2. The molecular weight excluding hydrogens is 1030 g/mol. The number of nitrogens with one attached hydrogen (secondary N) is 1. The van der Waals surface area contributed by atoms with Crippen molar-refractivity contribution in [3.8, 4) is 0 Å². The first-order valence-corrected chi connectivity index (χ1v) is 37.4. The van der Waals surface area contributed by atoms with Crippen molar-refractivity contribution in [2.24, 2.45) is 0 Å². The van der Waals surface area contributed by atoms with E-state index in [4.69, 9.17) is 9.05 Å². The average molecular weight is 1170 g/mol. The van der Waals surface area contributed by atoms with Gasteiger partial charge in [0, 0.05) is 6.42 Å². The van der Waals surface area contributed by atoms with Crippen LogP contribution in [-0.4, -0.2) is 68.5 Å². The first-order valence-electron chi connectivity index (χ1n) is 36.0. The molecule has 8 nitrogen and oxygen atoms in total. The molecule has 82 heavy (non-hydrogen) atoms. The minimum absolute atomic E-state index is 0.0124. The van der Waals surface area contributed by atoms with E-state index >= 15 is 0 Å². The lowest BCUT2D eigenvalue weighted by Crippen LogP contribution is -2.46. The standard InChI is InChI=1S/C73H141N2O6P/c1-6-8-10-12-14-16-18-20-22-24-26-28-30-32-34-35-36-37-38-39-41-42-44-46-48-50-52-54-56-58-60-62-64-66-72(76)71(70-81-82(78,79)80-69-68-75(3,4)5)74-73(77)67-65-63-61-59-57-55-53-51-49-47-45-43-40-33-31-29-27-25-23-21-19-17-15-13-11-9-7-2/h9,11,15,17,21,23,27,29,71-72,76H,6-8,10,12-14,16,18-20,22,24-26,28,30-70H2,1-5H3,(H-,74,77,78,79)/b11-9-,17-15-,23-21-,29-27-. The number of amides is 1. The van der Waals surface area contributed by atoms with Crippen molar-refractivity contribution in [1.29, 1.82) is 0 Å². The number of nitrogens with zero attached hydrogens (tertiary/aromatic N) is 1. The zero-order valence-corrected chi connectivity index (χ0v) is 56.4. The Morgan fingerprint density at radius 1 is 0.439 bits per heavy atom. The number of unbranched alkanes of at least 4 members (excludes halogenated alkanes) is 46. The van der Waals surface area contributed by atoms with E-state index in [2.05, 4.69) is 67.8 Å². The minimum atomic E-state index is -4.58. The molecule has 0 heterocycles. The van der Waals surface area contributed by atoms with Crippen LogP contribution in [0.15, 0.2) is 48.6 Å². The molecule has 0 saturated carbocycles. The summed E-state index contributed by atoms with van der Waals surface area (Å²) < 4.78 is 23.6. The van der Waals surface area contributed by atoms with Crippen LogP contribution in [0.3, 0.4) is 0 Å². The molecule has 0 aliphatic rings. The number of hydrogen-bond acceptors (Lipinski definition) is 6. The second-order valence-corrected chi connectivity index (χ2v) is 27.3. The van der Waals surface area contributed by atoms with E-state index in [1.54, 1.807) is 0 Å². The van der Waals surface area contributed by atoms with E-state index in [0.29, 0.717) is 23.9 Å². The Balaban J connectivity index is 3.99. The number of carbonyl (C=O) groups is 1. The molecule has 0 aromatic heterocycles. The Morgan fingerprint density at radius 3 is 1.09 bits per heavy atom.